The number of hydrogen-bond acceptors (Lipinski definition) is 4. The molecule has 1 aliphatic rings. The van der Waals surface area contributed by atoms with Crippen molar-refractivity contribution in [3.05, 3.63) is 52.2 Å². The lowest BCUT2D eigenvalue weighted by molar-refractivity contribution is 0.0934. The Morgan fingerprint density at radius 1 is 1.35 bits per heavy atom. The molecule has 23 heavy (non-hydrogen) atoms. The molecule has 1 amide bonds. The molecule has 4 nitrogen and oxygen atoms in total. The Balaban J connectivity index is 1.49. The summed E-state index contributed by atoms with van der Waals surface area (Å²) in [5.74, 6) is 0.842. The number of phenolic OH excluding ortho intramolecular Hbond substituents is 1. The number of benzene rings is 1. The highest BCUT2D eigenvalue weighted by Crippen LogP contribution is 2.20. The second-order valence-corrected chi connectivity index (χ2v) is 7.05. The minimum absolute atomic E-state index is 0.0325. The molecule has 0 spiro atoms. The first kappa shape index (κ1) is 16.0. The largest absolute Gasteiger partial charge is 0.508 e. The molecular weight excluding hydrogens is 308 g/mol. The van der Waals surface area contributed by atoms with Crippen molar-refractivity contribution in [3.63, 3.8) is 0 Å². The zero-order chi connectivity index (χ0) is 16.1. The maximum absolute atomic E-state index is 12.0. The maximum atomic E-state index is 12.0. The van der Waals surface area contributed by atoms with Gasteiger partial charge in [-0.3, -0.25) is 9.69 Å². The van der Waals surface area contributed by atoms with E-state index in [-0.39, 0.29) is 5.91 Å². The smallest absolute Gasteiger partial charge is 0.261 e. The number of carbonyl (C=O) groups excluding carboxylic acids is 1. The molecule has 1 aromatic carbocycles. The van der Waals surface area contributed by atoms with Gasteiger partial charge < -0.3 is 10.4 Å². The summed E-state index contributed by atoms with van der Waals surface area (Å²) in [7, 11) is 0. The Labute approximate surface area is 140 Å². The Bertz CT molecular complexity index is 642. The van der Waals surface area contributed by atoms with Crippen molar-refractivity contribution in [1.82, 2.24) is 10.2 Å². The van der Waals surface area contributed by atoms with E-state index in [2.05, 4.69) is 10.2 Å². The molecule has 1 saturated heterocycles. The fraction of sp³-hybridized carbons (Fsp3) is 0.389. The van der Waals surface area contributed by atoms with Gasteiger partial charge in [-0.1, -0.05) is 18.2 Å². The molecule has 0 bridgehead atoms. The van der Waals surface area contributed by atoms with Crippen LogP contribution in [0.4, 0.5) is 0 Å². The highest BCUT2D eigenvalue weighted by atomic mass is 32.1. The summed E-state index contributed by atoms with van der Waals surface area (Å²) in [6, 6.07) is 11.2. The average molecular weight is 330 g/mol. The van der Waals surface area contributed by atoms with Crippen LogP contribution in [0.5, 0.6) is 5.75 Å². The molecule has 1 fully saturated rings. The third-order valence-electron chi connectivity index (χ3n) is 4.22. The number of likely N-dealkylation sites (tertiary alicyclic amines) is 1. The van der Waals surface area contributed by atoms with E-state index in [0.717, 1.165) is 49.5 Å². The van der Waals surface area contributed by atoms with Gasteiger partial charge in [0.2, 0.25) is 0 Å². The number of thiophene rings is 1. The number of amides is 1. The topological polar surface area (TPSA) is 52.6 Å². The molecule has 3 rings (SSSR count). The van der Waals surface area contributed by atoms with Gasteiger partial charge in [0.25, 0.3) is 5.91 Å². The second kappa shape index (κ2) is 7.62. The molecular formula is C18H22N2O2S. The third-order valence-corrected chi connectivity index (χ3v) is 5.08. The van der Waals surface area contributed by atoms with Gasteiger partial charge in [-0.05, 0) is 54.4 Å². The van der Waals surface area contributed by atoms with Crippen LogP contribution in [0.1, 0.15) is 28.1 Å². The van der Waals surface area contributed by atoms with Gasteiger partial charge in [0, 0.05) is 19.6 Å². The predicted molar refractivity (Wildman–Crippen MR) is 92.8 cm³/mol. The number of nitrogens with one attached hydrogen (secondary N) is 1. The molecule has 2 N–H and O–H groups in total. The maximum Gasteiger partial charge on any atom is 0.261 e. The van der Waals surface area contributed by atoms with E-state index in [9.17, 15) is 9.90 Å². The summed E-state index contributed by atoms with van der Waals surface area (Å²) in [4.78, 5) is 15.2. The van der Waals surface area contributed by atoms with E-state index in [4.69, 9.17) is 0 Å². The zero-order valence-corrected chi connectivity index (χ0v) is 13.9. The van der Waals surface area contributed by atoms with Crippen LogP contribution in [0, 0.1) is 5.92 Å². The summed E-state index contributed by atoms with van der Waals surface area (Å²) >= 11 is 1.48. The Kier molecular flexibility index (Phi) is 5.31. The molecule has 2 aromatic rings. The van der Waals surface area contributed by atoms with Gasteiger partial charge in [0.15, 0.2) is 0 Å². The van der Waals surface area contributed by atoms with Crippen LogP contribution in [-0.4, -0.2) is 35.5 Å². The van der Waals surface area contributed by atoms with Crippen LogP contribution in [0.25, 0.3) is 0 Å². The minimum Gasteiger partial charge on any atom is -0.508 e. The van der Waals surface area contributed by atoms with Gasteiger partial charge in [0.05, 0.1) is 4.88 Å². The summed E-state index contributed by atoms with van der Waals surface area (Å²) in [5.41, 5.74) is 1.13. The SMILES string of the molecule is O=C(NCC1CCCN(Cc2cccc(O)c2)C1)c1cccs1. The van der Waals surface area contributed by atoms with E-state index >= 15 is 0 Å². The lowest BCUT2D eigenvalue weighted by Crippen LogP contribution is -2.40. The van der Waals surface area contributed by atoms with Gasteiger partial charge in [0.1, 0.15) is 5.75 Å². The van der Waals surface area contributed by atoms with E-state index < -0.39 is 0 Å². The first-order valence-corrected chi connectivity index (χ1v) is 8.90. The van der Waals surface area contributed by atoms with Gasteiger partial charge >= 0.3 is 0 Å². The number of carbonyl (C=O) groups is 1. The standard InChI is InChI=1S/C18H22N2O2S/c21-16-6-1-4-14(10-16)12-20-8-2-5-15(13-20)11-19-18(22)17-7-3-9-23-17/h1,3-4,6-7,9-10,15,21H,2,5,8,11-13H2,(H,19,22). The van der Waals surface area contributed by atoms with Gasteiger partial charge in [-0.2, -0.15) is 0 Å². The van der Waals surface area contributed by atoms with Crippen LogP contribution in [0.3, 0.4) is 0 Å². The Morgan fingerprint density at radius 3 is 3.04 bits per heavy atom. The first-order chi connectivity index (χ1) is 11.2. The van der Waals surface area contributed by atoms with Gasteiger partial charge in [-0.25, -0.2) is 0 Å². The van der Waals surface area contributed by atoms with E-state index in [0.29, 0.717) is 11.7 Å². The number of nitrogens with zero attached hydrogens (tertiary/aromatic N) is 1. The molecule has 1 aromatic heterocycles. The van der Waals surface area contributed by atoms with E-state index in [1.54, 1.807) is 6.07 Å². The number of aromatic hydroxyl groups is 1. The molecule has 1 atom stereocenters. The number of piperidine rings is 1. The summed E-state index contributed by atoms with van der Waals surface area (Å²) < 4.78 is 0. The van der Waals surface area contributed by atoms with Crippen LogP contribution in [0.2, 0.25) is 0 Å². The van der Waals surface area contributed by atoms with Crippen LogP contribution in [0.15, 0.2) is 41.8 Å². The number of rotatable bonds is 5. The third kappa shape index (κ3) is 4.56. The quantitative estimate of drug-likeness (QED) is 0.886. The summed E-state index contributed by atoms with van der Waals surface area (Å²) in [6.07, 6.45) is 2.31. The Morgan fingerprint density at radius 2 is 2.26 bits per heavy atom. The lowest BCUT2D eigenvalue weighted by Gasteiger charge is -2.32. The number of hydrogen-bond donors (Lipinski definition) is 2. The molecule has 2 heterocycles. The molecule has 5 heteroatoms. The normalized spacial score (nSPS) is 18.7. The fourth-order valence-corrected chi connectivity index (χ4v) is 3.75. The molecule has 0 saturated carbocycles. The molecule has 0 radical (unpaired) electrons. The molecule has 0 aliphatic carbocycles. The van der Waals surface area contributed by atoms with Crippen LogP contribution < -0.4 is 5.32 Å². The summed E-state index contributed by atoms with van der Waals surface area (Å²) in [6.45, 7) is 3.64. The fourth-order valence-electron chi connectivity index (χ4n) is 3.11. The van der Waals surface area contributed by atoms with Crippen molar-refractivity contribution in [2.24, 2.45) is 5.92 Å². The monoisotopic (exact) mass is 330 g/mol. The highest BCUT2D eigenvalue weighted by Gasteiger charge is 2.21. The Hall–Kier alpha value is -1.85. The average Bonchev–Trinajstić information content (AvgIpc) is 3.07. The van der Waals surface area contributed by atoms with E-state index in [1.165, 1.54) is 11.3 Å². The van der Waals surface area contributed by atoms with Crippen molar-refractivity contribution in [1.29, 1.82) is 0 Å². The highest BCUT2D eigenvalue weighted by molar-refractivity contribution is 7.12. The summed E-state index contributed by atoms with van der Waals surface area (Å²) in [5, 5.41) is 14.5. The predicted octanol–water partition coefficient (Wildman–Crippen LogP) is 3.10. The molecule has 1 unspecified atom stereocenters. The van der Waals surface area contributed by atoms with E-state index in [1.807, 2.05) is 35.7 Å². The van der Waals surface area contributed by atoms with Crippen molar-refractivity contribution < 1.29 is 9.90 Å². The van der Waals surface area contributed by atoms with Crippen molar-refractivity contribution in [2.45, 2.75) is 19.4 Å². The molecule has 122 valence electrons. The van der Waals surface area contributed by atoms with Crippen molar-refractivity contribution >= 4 is 17.2 Å². The first-order valence-electron chi connectivity index (χ1n) is 8.02. The molecule has 1 aliphatic heterocycles. The lowest BCUT2D eigenvalue weighted by atomic mass is 9.97. The minimum atomic E-state index is 0.0325. The zero-order valence-electron chi connectivity index (χ0n) is 13.1. The second-order valence-electron chi connectivity index (χ2n) is 6.10. The number of phenols is 1. The van der Waals surface area contributed by atoms with Crippen molar-refractivity contribution in [2.75, 3.05) is 19.6 Å². The van der Waals surface area contributed by atoms with Gasteiger partial charge in [-0.15, -0.1) is 11.3 Å². The van der Waals surface area contributed by atoms with Crippen LogP contribution >= 0.6 is 11.3 Å². The van der Waals surface area contributed by atoms with Crippen LogP contribution in [-0.2, 0) is 6.54 Å². The van der Waals surface area contributed by atoms with Crippen molar-refractivity contribution in [3.8, 4) is 5.75 Å².